The number of alkyl carbamates (subject to hydrolysis) is 1. The number of carbonyl (C=O) groups excluding carboxylic acids is 1. The number of carbonyl (C=O) groups is 1. The number of hydrogen-bond donors (Lipinski definition) is 1. The quantitative estimate of drug-likeness (QED) is 0.821. The van der Waals surface area contributed by atoms with Crippen LogP contribution in [0.1, 0.15) is 31.7 Å². The second kappa shape index (κ2) is 7.96. The predicted molar refractivity (Wildman–Crippen MR) is 85.9 cm³/mol. The Hall–Kier alpha value is -2.09. The third-order valence-corrected chi connectivity index (χ3v) is 3.52. The van der Waals surface area contributed by atoms with E-state index < -0.39 is 6.09 Å². The van der Waals surface area contributed by atoms with Crippen molar-refractivity contribution < 1.29 is 18.8 Å². The Balaban J connectivity index is 2.07. The summed E-state index contributed by atoms with van der Waals surface area (Å²) in [6, 6.07) is 7.52. The molecule has 0 spiro atoms. The Morgan fingerprint density at radius 1 is 1.35 bits per heavy atom. The first kappa shape index (κ1) is 17.3. The van der Waals surface area contributed by atoms with Crippen molar-refractivity contribution in [1.29, 1.82) is 0 Å². The first-order chi connectivity index (χ1) is 11.0. The smallest absolute Gasteiger partial charge is 0.407 e. The number of hydrogen-bond acceptors (Lipinski definition) is 6. The van der Waals surface area contributed by atoms with Gasteiger partial charge in [-0.1, -0.05) is 34.9 Å². The van der Waals surface area contributed by atoms with Gasteiger partial charge >= 0.3 is 6.09 Å². The highest BCUT2D eigenvalue weighted by atomic mass is 79.9. The zero-order chi connectivity index (χ0) is 16.8. The third kappa shape index (κ3) is 4.95. The summed E-state index contributed by atoms with van der Waals surface area (Å²) in [7, 11) is 1.29. The fourth-order valence-electron chi connectivity index (χ4n) is 1.82. The number of benzene rings is 1. The molecule has 1 amide bonds. The van der Waals surface area contributed by atoms with Crippen molar-refractivity contribution in [3.05, 3.63) is 40.5 Å². The molecule has 0 saturated heterocycles. The fraction of sp³-hybridized carbons (Fsp3) is 0.400. The Morgan fingerprint density at radius 3 is 2.65 bits per heavy atom. The van der Waals surface area contributed by atoms with E-state index in [1.165, 1.54) is 7.11 Å². The zero-order valence-electron chi connectivity index (χ0n) is 13.1. The highest BCUT2D eigenvalue weighted by Crippen LogP contribution is 2.27. The number of amides is 1. The van der Waals surface area contributed by atoms with Crippen LogP contribution in [0.3, 0.4) is 0 Å². The molecular formula is C15H18BrN3O4. The van der Waals surface area contributed by atoms with Gasteiger partial charge in [0.1, 0.15) is 12.3 Å². The summed E-state index contributed by atoms with van der Waals surface area (Å²) in [6.07, 6.45) is -0.914. The minimum Gasteiger partial charge on any atom is -0.482 e. The largest absolute Gasteiger partial charge is 0.482 e. The van der Waals surface area contributed by atoms with Gasteiger partial charge in [0.05, 0.1) is 7.11 Å². The molecule has 0 aliphatic carbocycles. The maximum Gasteiger partial charge on any atom is 0.407 e. The molecule has 1 aromatic carbocycles. The number of aromatic nitrogens is 2. The van der Waals surface area contributed by atoms with Gasteiger partial charge in [0.2, 0.25) is 11.7 Å². The molecule has 23 heavy (non-hydrogen) atoms. The summed E-state index contributed by atoms with van der Waals surface area (Å²) in [6.45, 7) is 4.11. The Kier molecular flexibility index (Phi) is 5.97. The molecule has 124 valence electrons. The molecule has 0 saturated carbocycles. The van der Waals surface area contributed by atoms with Crippen LogP contribution in [0.15, 0.2) is 33.3 Å². The first-order valence-corrected chi connectivity index (χ1v) is 7.85. The Labute approximate surface area is 142 Å². The van der Waals surface area contributed by atoms with E-state index >= 15 is 0 Å². The van der Waals surface area contributed by atoms with Crippen molar-refractivity contribution >= 4 is 22.0 Å². The lowest BCUT2D eigenvalue weighted by molar-refractivity contribution is 0.140. The number of rotatable bonds is 6. The summed E-state index contributed by atoms with van der Waals surface area (Å²) < 4.78 is 16.5. The molecule has 1 unspecified atom stereocenters. The first-order valence-electron chi connectivity index (χ1n) is 7.06. The lowest BCUT2D eigenvalue weighted by Crippen LogP contribution is -2.22. The maximum atomic E-state index is 11.1. The topological polar surface area (TPSA) is 86.5 Å². The number of halogens is 1. The second-order valence-electron chi connectivity index (χ2n) is 5.13. The van der Waals surface area contributed by atoms with E-state index in [0.717, 1.165) is 4.47 Å². The average Bonchev–Trinajstić information content (AvgIpc) is 3.00. The molecule has 0 aliphatic rings. The van der Waals surface area contributed by atoms with Crippen LogP contribution in [0.4, 0.5) is 4.79 Å². The second-order valence-corrected chi connectivity index (χ2v) is 6.04. The molecule has 0 aliphatic heterocycles. The molecular weight excluding hydrogens is 366 g/mol. The van der Waals surface area contributed by atoms with Crippen LogP contribution >= 0.6 is 15.9 Å². The van der Waals surface area contributed by atoms with Crippen LogP contribution in [-0.2, 0) is 11.3 Å². The van der Waals surface area contributed by atoms with Crippen LogP contribution in [0.5, 0.6) is 5.75 Å². The third-order valence-electron chi connectivity index (χ3n) is 2.99. The summed E-state index contributed by atoms with van der Waals surface area (Å²) in [5.74, 6) is 1.57. The molecule has 0 radical (unpaired) electrons. The van der Waals surface area contributed by atoms with Crippen LogP contribution in [0.25, 0.3) is 0 Å². The Bertz CT molecular complexity index is 642. The van der Waals surface area contributed by atoms with Crippen molar-refractivity contribution in [3.63, 3.8) is 0 Å². The number of ether oxygens (including phenoxy) is 2. The van der Waals surface area contributed by atoms with Gasteiger partial charge in [0.15, 0.2) is 6.10 Å². The van der Waals surface area contributed by atoms with Crippen molar-refractivity contribution in [3.8, 4) is 5.75 Å². The van der Waals surface area contributed by atoms with Gasteiger partial charge in [-0.2, -0.15) is 4.98 Å². The fourth-order valence-corrected chi connectivity index (χ4v) is 2.09. The highest BCUT2D eigenvalue weighted by molar-refractivity contribution is 9.10. The van der Waals surface area contributed by atoms with E-state index in [0.29, 0.717) is 11.6 Å². The summed E-state index contributed by atoms with van der Waals surface area (Å²) in [5.41, 5.74) is 0. The lowest BCUT2D eigenvalue weighted by Gasteiger charge is -2.19. The van der Waals surface area contributed by atoms with E-state index in [1.54, 1.807) is 0 Å². The number of methoxy groups -OCH3 is 1. The Morgan fingerprint density at radius 2 is 2.04 bits per heavy atom. The zero-order valence-corrected chi connectivity index (χ0v) is 14.7. The van der Waals surface area contributed by atoms with Crippen molar-refractivity contribution in [2.24, 2.45) is 5.92 Å². The molecule has 1 N–H and O–H groups in total. The SMILES string of the molecule is COC(=O)NCc1nc(C(Oc2ccc(Br)cc2)C(C)C)no1. The predicted octanol–water partition coefficient (Wildman–Crippen LogP) is 3.46. The highest BCUT2D eigenvalue weighted by Gasteiger charge is 2.24. The van der Waals surface area contributed by atoms with Crippen molar-refractivity contribution in [1.82, 2.24) is 15.5 Å². The van der Waals surface area contributed by atoms with Gasteiger partial charge in [-0.25, -0.2) is 4.79 Å². The molecule has 1 aromatic heterocycles. The molecule has 8 heteroatoms. The van der Waals surface area contributed by atoms with Crippen LogP contribution in [-0.4, -0.2) is 23.3 Å². The van der Waals surface area contributed by atoms with E-state index in [2.05, 4.69) is 36.1 Å². The summed E-state index contributed by atoms with van der Waals surface area (Å²) in [5, 5.41) is 6.43. The number of nitrogens with one attached hydrogen (secondary N) is 1. The molecule has 1 heterocycles. The molecule has 7 nitrogen and oxygen atoms in total. The minimum atomic E-state index is -0.559. The standard InChI is InChI=1S/C15H18BrN3O4/c1-9(2)13(22-11-6-4-10(16)5-7-11)14-18-12(23-19-14)8-17-15(20)21-3/h4-7,9,13H,8H2,1-3H3,(H,17,20). The number of nitrogens with zero attached hydrogens (tertiary/aromatic N) is 2. The van der Waals surface area contributed by atoms with E-state index in [-0.39, 0.29) is 24.5 Å². The van der Waals surface area contributed by atoms with E-state index in [9.17, 15) is 4.79 Å². The van der Waals surface area contributed by atoms with Gasteiger partial charge in [-0.05, 0) is 30.2 Å². The van der Waals surface area contributed by atoms with E-state index in [4.69, 9.17) is 9.26 Å². The van der Waals surface area contributed by atoms with Crippen LogP contribution < -0.4 is 10.1 Å². The molecule has 1 atom stereocenters. The van der Waals surface area contributed by atoms with Crippen molar-refractivity contribution in [2.75, 3.05) is 7.11 Å². The molecule has 2 aromatic rings. The van der Waals surface area contributed by atoms with E-state index in [1.807, 2.05) is 38.1 Å². The van der Waals surface area contributed by atoms with Crippen molar-refractivity contribution in [2.45, 2.75) is 26.5 Å². The normalized spacial score (nSPS) is 12.0. The molecule has 2 rings (SSSR count). The summed E-state index contributed by atoms with van der Waals surface area (Å²) in [4.78, 5) is 15.3. The van der Waals surface area contributed by atoms with Crippen LogP contribution in [0.2, 0.25) is 0 Å². The maximum absolute atomic E-state index is 11.1. The average molecular weight is 384 g/mol. The minimum absolute atomic E-state index is 0.1000. The summed E-state index contributed by atoms with van der Waals surface area (Å²) >= 11 is 3.38. The van der Waals surface area contributed by atoms with Gasteiger partial charge in [0.25, 0.3) is 0 Å². The van der Waals surface area contributed by atoms with Gasteiger partial charge < -0.3 is 19.3 Å². The lowest BCUT2D eigenvalue weighted by atomic mass is 10.1. The van der Waals surface area contributed by atoms with Crippen LogP contribution in [0, 0.1) is 5.92 Å². The molecule has 0 fully saturated rings. The molecule has 0 bridgehead atoms. The monoisotopic (exact) mass is 383 g/mol. The van der Waals surface area contributed by atoms with Gasteiger partial charge in [-0.3, -0.25) is 0 Å². The van der Waals surface area contributed by atoms with Gasteiger partial charge in [-0.15, -0.1) is 0 Å². The van der Waals surface area contributed by atoms with Gasteiger partial charge in [0, 0.05) is 4.47 Å².